The van der Waals surface area contributed by atoms with E-state index < -0.39 is 13.0 Å². The quantitative estimate of drug-likeness (QED) is 0.606. The van der Waals surface area contributed by atoms with Crippen LogP contribution in [0.15, 0.2) is 12.1 Å². The molecule has 0 bridgehead atoms. The molecule has 1 aromatic heterocycles. The van der Waals surface area contributed by atoms with Gasteiger partial charge in [0.15, 0.2) is 0 Å². The molecular weight excluding hydrogens is 228 g/mol. The van der Waals surface area contributed by atoms with E-state index in [2.05, 4.69) is 10.4 Å². The SMILES string of the molecule is NNc1ccc(Cl)c(COCC(F)F)n1. The first kappa shape index (κ1) is 12.1. The normalized spacial score (nSPS) is 10.7. The Bertz CT molecular complexity index is 325. The molecule has 84 valence electrons. The van der Waals surface area contributed by atoms with Crippen molar-refractivity contribution in [2.45, 2.75) is 13.0 Å². The molecule has 0 saturated carbocycles. The molecule has 1 aromatic rings. The van der Waals surface area contributed by atoms with Gasteiger partial charge in [0.2, 0.25) is 0 Å². The van der Waals surface area contributed by atoms with E-state index >= 15 is 0 Å². The number of ether oxygens (including phenoxy) is 1. The van der Waals surface area contributed by atoms with Gasteiger partial charge in [-0.15, -0.1) is 0 Å². The van der Waals surface area contributed by atoms with Crippen molar-refractivity contribution in [2.75, 3.05) is 12.0 Å². The topological polar surface area (TPSA) is 60.2 Å². The second-order valence-corrected chi connectivity index (χ2v) is 3.08. The van der Waals surface area contributed by atoms with Crippen molar-refractivity contribution in [1.82, 2.24) is 4.98 Å². The maximum absolute atomic E-state index is 11.8. The number of nitrogen functional groups attached to an aromatic ring is 1. The van der Waals surface area contributed by atoms with Crippen molar-refractivity contribution in [3.63, 3.8) is 0 Å². The van der Waals surface area contributed by atoms with Gasteiger partial charge in [-0.05, 0) is 12.1 Å². The smallest absolute Gasteiger partial charge is 0.261 e. The molecule has 15 heavy (non-hydrogen) atoms. The average molecular weight is 238 g/mol. The number of nitrogens with two attached hydrogens (primary N) is 1. The summed E-state index contributed by atoms with van der Waals surface area (Å²) in [7, 11) is 0. The number of aromatic nitrogens is 1. The minimum absolute atomic E-state index is 0.0707. The van der Waals surface area contributed by atoms with Crippen LogP contribution in [0.3, 0.4) is 0 Å². The van der Waals surface area contributed by atoms with Crippen LogP contribution in [-0.2, 0) is 11.3 Å². The Morgan fingerprint density at radius 3 is 2.87 bits per heavy atom. The van der Waals surface area contributed by atoms with Crippen LogP contribution in [0.2, 0.25) is 5.02 Å². The van der Waals surface area contributed by atoms with Crippen molar-refractivity contribution in [3.8, 4) is 0 Å². The number of rotatable bonds is 5. The maximum Gasteiger partial charge on any atom is 0.261 e. The zero-order valence-corrected chi connectivity index (χ0v) is 8.47. The molecule has 3 N–H and O–H groups in total. The summed E-state index contributed by atoms with van der Waals surface area (Å²) in [4.78, 5) is 3.95. The van der Waals surface area contributed by atoms with Gasteiger partial charge in [-0.3, -0.25) is 0 Å². The van der Waals surface area contributed by atoms with Crippen LogP contribution in [0.25, 0.3) is 0 Å². The monoisotopic (exact) mass is 237 g/mol. The van der Waals surface area contributed by atoms with Gasteiger partial charge in [-0.2, -0.15) is 0 Å². The van der Waals surface area contributed by atoms with E-state index in [9.17, 15) is 8.78 Å². The first-order valence-electron chi connectivity index (χ1n) is 4.11. The van der Waals surface area contributed by atoms with Crippen LogP contribution in [0.4, 0.5) is 14.6 Å². The molecule has 1 heterocycles. The highest BCUT2D eigenvalue weighted by Gasteiger charge is 2.06. The number of hydrazine groups is 1. The largest absolute Gasteiger partial charge is 0.369 e. The van der Waals surface area contributed by atoms with Gasteiger partial charge >= 0.3 is 0 Å². The number of hydrogen-bond acceptors (Lipinski definition) is 4. The van der Waals surface area contributed by atoms with E-state index in [0.717, 1.165) is 0 Å². The van der Waals surface area contributed by atoms with Gasteiger partial charge < -0.3 is 10.2 Å². The lowest BCUT2D eigenvalue weighted by atomic mass is 10.3. The van der Waals surface area contributed by atoms with Gasteiger partial charge in [0.25, 0.3) is 6.43 Å². The Labute approximate surface area is 90.4 Å². The first-order chi connectivity index (χ1) is 7.13. The Hall–Kier alpha value is -0.980. The molecule has 0 aliphatic rings. The lowest BCUT2D eigenvalue weighted by Crippen LogP contribution is -2.10. The van der Waals surface area contributed by atoms with Crippen molar-refractivity contribution < 1.29 is 13.5 Å². The lowest BCUT2D eigenvalue weighted by molar-refractivity contribution is 0.00889. The number of nitrogens with zero attached hydrogens (tertiary/aromatic N) is 1. The summed E-state index contributed by atoms with van der Waals surface area (Å²) < 4.78 is 28.2. The minimum atomic E-state index is -2.50. The van der Waals surface area contributed by atoms with E-state index in [0.29, 0.717) is 16.5 Å². The van der Waals surface area contributed by atoms with Crippen LogP contribution in [0.1, 0.15) is 5.69 Å². The molecule has 0 unspecified atom stereocenters. The molecular formula is C8H10ClF2N3O. The van der Waals surface area contributed by atoms with Crippen LogP contribution >= 0.6 is 11.6 Å². The van der Waals surface area contributed by atoms with E-state index in [-0.39, 0.29) is 6.61 Å². The predicted octanol–water partition coefficient (Wildman–Crippen LogP) is 1.80. The molecule has 0 spiro atoms. The highest BCUT2D eigenvalue weighted by Crippen LogP contribution is 2.17. The van der Waals surface area contributed by atoms with Crippen LogP contribution < -0.4 is 11.3 Å². The molecule has 0 atom stereocenters. The summed E-state index contributed by atoms with van der Waals surface area (Å²) in [5.74, 6) is 5.53. The standard InChI is InChI=1S/C8H10ClF2N3O/c9-5-1-2-8(14-12)13-6(5)3-15-4-7(10)11/h1-2,7H,3-4,12H2,(H,13,14). The summed E-state index contributed by atoms with van der Waals surface area (Å²) in [5, 5.41) is 0.350. The van der Waals surface area contributed by atoms with Crippen LogP contribution in [0.5, 0.6) is 0 Å². The van der Waals surface area contributed by atoms with Crippen molar-refractivity contribution in [2.24, 2.45) is 5.84 Å². The third-order valence-electron chi connectivity index (χ3n) is 1.55. The molecule has 0 saturated heterocycles. The van der Waals surface area contributed by atoms with Crippen LogP contribution in [0, 0.1) is 0 Å². The fourth-order valence-corrected chi connectivity index (χ4v) is 1.07. The summed E-state index contributed by atoms with van der Waals surface area (Å²) in [5.41, 5.74) is 2.69. The summed E-state index contributed by atoms with van der Waals surface area (Å²) in [6.45, 7) is -0.711. The zero-order valence-electron chi connectivity index (χ0n) is 7.71. The molecule has 0 fully saturated rings. The number of halogens is 3. The molecule has 0 aliphatic heterocycles. The molecule has 4 nitrogen and oxygen atoms in total. The number of hydrogen-bond donors (Lipinski definition) is 2. The number of alkyl halides is 2. The fourth-order valence-electron chi connectivity index (χ4n) is 0.911. The Balaban J connectivity index is 2.59. The van der Waals surface area contributed by atoms with Crippen LogP contribution in [-0.4, -0.2) is 18.0 Å². The highest BCUT2D eigenvalue weighted by atomic mass is 35.5. The summed E-state index contributed by atoms with van der Waals surface area (Å²) in [6, 6.07) is 3.13. The third-order valence-corrected chi connectivity index (χ3v) is 1.89. The van der Waals surface area contributed by atoms with Gasteiger partial charge in [0.05, 0.1) is 17.3 Å². The minimum Gasteiger partial charge on any atom is -0.369 e. The van der Waals surface area contributed by atoms with Gasteiger partial charge in [0, 0.05) is 0 Å². The molecule has 7 heteroatoms. The average Bonchev–Trinajstić information content (AvgIpc) is 2.20. The van der Waals surface area contributed by atoms with Crippen molar-refractivity contribution >= 4 is 17.4 Å². The van der Waals surface area contributed by atoms with E-state index in [4.69, 9.17) is 22.2 Å². The Morgan fingerprint density at radius 1 is 1.53 bits per heavy atom. The maximum atomic E-state index is 11.8. The molecule has 1 rings (SSSR count). The number of anilines is 1. The molecule has 0 aromatic carbocycles. The fraction of sp³-hybridized carbons (Fsp3) is 0.375. The zero-order chi connectivity index (χ0) is 11.3. The van der Waals surface area contributed by atoms with Gasteiger partial charge in [-0.1, -0.05) is 11.6 Å². The Morgan fingerprint density at radius 2 is 2.27 bits per heavy atom. The third kappa shape index (κ3) is 3.94. The number of nitrogens with one attached hydrogen (secondary N) is 1. The summed E-state index contributed by atoms with van der Waals surface area (Å²) >= 11 is 5.77. The van der Waals surface area contributed by atoms with E-state index in [1.807, 2.05) is 0 Å². The van der Waals surface area contributed by atoms with Crippen molar-refractivity contribution in [3.05, 3.63) is 22.8 Å². The predicted molar refractivity (Wildman–Crippen MR) is 52.7 cm³/mol. The van der Waals surface area contributed by atoms with Gasteiger partial charge in [0.1, 0.15) is 12.4 Å². The second-order valence-electron chi connectivity index (χ2n) is 2.68. The van der Waals surface area contributed by atoms with Crippen molar-refractivity contribution in [1.29, 1.82) is 0 Å². The van der Waals surface area contributed by atoms with E-state index in [1.165, 1.54) is 0 Å². The summed E-state index contributed by atoms with van der Waals surface area (Å²) in [6.07, 6.45) is -2.50. The number of pyridine rings is 1. The Kier molecular flexibility index (Phi) is 4.67. The molecule has 0 radical (unpaired) electrons. The second kappa shape index (κ2) is 5.79. The molecule has 0 aliphatic carbocycles. The highest BCUT2D eigenvalue weighted by molar-refractivity contribution is 6.31. The van der Waals surface area contributed by atoms with E-state index in [1.54, 1.807) is 12.1 Å². The first-order valence-corrected chi connectivity index (χ1v) is 4.49. The molecule has 0 amide bonds. The van der Waals surface area contributed by atoms with Gasteiger partial charge in [-0.25, -0.2) is 19.6 Å². The lowest BCUT2D eigenvalue weighted by Gasteiger charge is -2.06.